The van der Waals surface area contributed by atoms with Crippen molar-refractivity contribution in [1.29, 1.82) is 0 Å². The number of carbonyl (C=O) groups excluding carboxylic acids is 2. The Hall–Kier alpha value is -1.88. The van der Waals surface area contributed by atoms with Crippen LogP contribution in [0.15, 0.2) is 24.3 Å². The number of carbonyl (C=O) groups is 2. The SMILES string of the molecule is CC1CC(CN)CN1C(=O)c1cccc(CN2CCCC2=O)c1. The molecule has 0 aromatic heterocycles. The third kappa shape index (κ3) is 3.39. The van der Waals surface area contributed by atoms with Gasteiger partial charge in [-0.1, -0.05) is 12.1 Å². The van der Waals surface area contributed by atoms with Crippen molar-refractivity contribution in [3.8, 4) is 0 Å². The number of rotatable bonds is 4. The highest BCUT2D eigenvalue weighted by Gasteiger charge is 2.32. The molecule has 0 bridgehead atoms. The Morgan fingerprint density at radius 1 is 1.39 bits per heavy atom. The van der Waals surface area contributed by atoms with E-state index < -0.39 is 0 Å². The molecule has 0 aliphatic carbocycles. The molecule has 5 nitrogen and oxygen atoms in total. The quantitative estimate of drug-likeness (QED) is 0.918. The topological polar surface area (TPSA) is 66.6 Å². The molecular formula is C18H25N3O2. The van der Waals surface area contributed by atoms with Crippen LogP contribution in [0.2, 0.25) is 0 Å². The number of hydrogen-bond acceptors (Lipinski definition) is 3. The van der Waals surface area contributed by atoms with Gasteiger partial charge in [0.2, 0.25) is 5.91 Å². The molecule has 0 radical (unpaired) electrons. The molecular weight excluding hydrogens is 290 g/mol. The standard InChI is InChI=1S/C18H25N3O2/c1-13-8-15(10-19)12-21(13)18(23)16-5-2-4-14(9-16)11-20-7-3-6-17(20)22/h2,4-5,9,13,15H,3,6-8,10-12,19H2,1H3. The average Bonchev–Trinajstić information content (AvgIpc) is 3.13. The zero-order chi connectivity index (χ0) is 16.4. The highest BCUT2D eigenvalue weighted by Crippen LogP contribution is 2.24. The molecule has 23 heavy (non-hydrogen) atoms. The third-order valence-electron chi connectivity index (χ3n) is 4.97. The second-order valence-corrected chi connectivity index (χ2v) is 6.76. The summed E-state index contributed by atoms with van der Waals surface area (Å²) in [5.74, 6) is 0.683. The number of benzene rings is 1. The number of nitrogens with zero attached hydrogens (tertiary/aromatic N) is 2. The minimum atomic E-state index is 0.0723. The molecule has 3 rings (SSSR count). The average molecular weight is 315 g/mol. The molecule has 1 aromatic carbocycles. The van der Waals surface area contributed by atoms with E-state index in [0.717, 1.165) is 31.5 Å². The van der Waals surface area contributed by atoms with Crippen LogP contribution in [0.1, 0.15) is 42.1 Å². The maximum Gasteiger partial charge on any atom is 0.254 e. The molecule has 1 aromatic rings. The predicted octanol–water partition coefficient (Wildman–Crippen LogP) is 1.62. The van der Waals surface area contributed by atoms with Crippen molar-refractivity contribution >= 4 is 11.8 Å². The summed E-state index contributed by atoms with van der Waals surface area (Å²) in [5, 5.41) is 0. The van der Waals surface area contributed by atoms with Gasteiger partial charge < -0.3 is 15.5 Å². The van der Waals surface area contributed by atoms with Crippen molar-refractivity contribution in [3.63, 3.8) is 0 Å². The highest BCUT2D eigenvalue weighted by atomic mass is 16.2. The fourth-order valence-electron chi connectivity index (χ4n) is 3.66. The van der Waals surface area contributed by atoms with Crippen molar-refractivity contribution in [3.05, 3.63) is 35.4 Å². The van der Waals surface area contributed by atoms with Gasteiger partial charge in [0.15, 0.2) is 0 Å². The molecule has 2 aliphatic heterocycles. The summed E-state index contributed by atoms with van der Waals surface area (Å²) in [5.41, 5.74) is 7.48. The second kappa shape index (κ2) is 6.71. The van der Waals surface area contributed by atoms with E-state index in [2.05, 4.69) is 6.92 Å². The van der Waals surface area contributed by atoms with Crippen molar-refractivity contribution in [2.24, 2.45) is 11.7 Å². The molecule has 0 spiro atoms. The Balaban J connectivity index is 1.71. The summed E-state index contributed by atoms with van der Waals surface area (Å²) >= 11 is 0. The first-order chi connectivity index (χ1) is 11.1. The first-order valence-electron chi connectivity index (χ1n) is 8.46. The fourth-order valence-corrected chi connectivity index (χ4v) is 3.66. The van der Waals surface area contributed by atoms with Crippen LogP contribution in [-0.2, 0) is 11.3 Å². The summed E-state index contributed by atoms with van der Waals surface area (Å²) in [6.07, 6.45) is 2.55. The molecule has 2 aliphatic rings. The number of nitrogens with two attached hydrogens (primary N) is 1. The van der Waals surface area contributed by atoms with E-state index in [1.807, 2.05) is 34.1 Å². The van der Waals surface area contributed by atoms with Crippen LogP contribution >= 0.6 is 0 Å². The maximum atomic E-state index is 12.8. The van der Waals surface area contributed by atoms with Gasteiger partial charge in [0.25, 0.3) is 5.91 Å². The van der Waals surface area contributed by atoms with E-state index in [0.29, 0.717) is 31.0 Å². The Morgan fingerprint density at radius 2 is 2.22 bits per heavy atom. The van der Waals surface area contributed by atoms with E-state index >= 15 is 0 Å². The van der Waals surface area contributed by atoms with Gasteiger partial charge in [-0.3, -0.25) is 9.59 Å². The molecule has 2 N–H and O–H groups in total. The Kier molecular flexibility index (Phi) is 4.66. The lowest BCUT2D eigenvalue weighted by Crippen LogP contribution is -2.34. The summed E-state index contributed by atoms with van der Waals surface area (Å²) in [4.78, 5) is 28.3. The molecule has 2 amide bonds. The van der Waals surface area contributed by atoms with Crippen LogP contribution in [0.3, 0.4) is 0 Å². The molecule has 2 saturated heterocycles. The van der Waals surface area contributed by atoms with Crippen molar-refractivity contribution in [2.75, 3.05) is 19.6 Å². The molecule has 2 atom stereocenters. The van der Waals surface area contributed by atoms with Crippen LogP contribution in [-0.4, -0.2) is 47.3 Å². The second-order valence-electron chi connectivity index (χ2n) is 6.76. The van der Waals surface area contributed by atoms with Gasteiger partial charge in [-0.2, -0.15) is 0 Å². The molecule has 2 heterocycles. The first-order valence-corrected chi connectivity index (χ1v) is 8.46. The first kappa shape index (κ1) is 16.0. The predicted molar refractivity (Wildman–Crippen MR) is 88.8 cm³/mol. The van der Waals surface area contributed by atoms with Crippen LogP contribution in [0.5, 0.6) is 0 Å². The molecule has 5 heteroatoms. The number of likely N-dealkylation sites (tertiary alicyclic amines) is 2. The van der Waals surface area contributed by atoms with Crippen molar-refractivity contribution in [2.45, 2.75) is 38.8 Å². The van der Waals surface area contributed by atoms with Gasteiger partial charge in [0.05, 0.1) is 0 Å². The summed E-state index contributed by atoms with van der Waals surface area (Å²) in [7, 11) is 0. The Bertz CT molecular complexity index is 602. The van der Waals surface area contributed by atoms with E-state index in [1.165, 1.54) is 0 Å². The van der Waals surface area contributed by atoms with Crippen LogP contribution in [0.25, 0.3) is 0 Å². The summed E-state index contributed by atoms with van der Waals surface area (Å²) < 4.78 is 0. The Labute approximate surface area is 137 Å². The zero-order valence-electron chi connectivity index (χ0n) is 13.7. The summed E-state index contributed by atoms with van der Waals surface area (Å²) in [6.45, 7) is 4.87. The number of hydrogen-bond donors (Lipinski definition) is 1. The van der Waals surface area contributed by atoms with Crippen LogP contribution in [0.4, 0.5) is 0 Å². The smallest absolute Gasteiger partial charge is 0.254 e. The Morgan fingerprint density at radius 3 is 2.87 bits per heavy atom. The lowest BCUT2D eigenvalue weighted by Gasteiger charge is -2.22. The highest BCUT2D eigenvalue weighted by molar-refractivity contribution is 5.94. The molecule has 2 fully saturated rings. The minimum Gasteiger partial charge on any atom is -0.338 e. The van der Waals surface area contributed by atoms with Gasteiger partial charge in [-0.05, 0) is 49.9 Å². The molecule has 0 saturated carbocycles. The fraction of sp³-hybridized carbons (Fsp3) is 0.556. The van der Waals surface area contributed by atoms with Crippen molar-refractivity contribution < 1.29 is 9.59 Å². The number of amides is 2. The third-order valence-corrected chi connectivity index (χ3v) is 4.97. The molecule has 2 unspecified atom stereocenters. The zero-order valence-corrected chi connectivity index (χ0v) is 13.7. The van der Waals surface area contributed by atoms with E-state index in [9.17, 15) is 9.59 Å². The van der Waals surface area contributed by atoms with Crippen molar-refractivity contribution in [1.82, 2.24) is 9.80 Å². The maximum absolute atomic E-state index is 12.8. The van der Waals surface area contributed by atoms with E-state index in [1.54, 1.807) is 0 Å². The van der Waals surface area contributed by atoms with Gasteiger partial charge >= 0.3 is 0 Å². The van der Waals surface area contributed by atoms with Gasteiger partial charge in [0, 0.05) is 37.7 Å². The summed E-state index contributed by atoms with van der Waals surface area (Å²) in [6, 6.07) is 7.92. The van der Waals surface area contributed by atoms with Crippen LogP contribution < -0.4 is 5.73 Å². The lowest BCUT2D eigenvalue weighted by molar-refractivity contribution is -0.128. The monoisotopic (exact) mass is 315 g/mol. The largest absolute Gasteiger partial charge is 0.338 e. The lowest BCUT2D eigenvalue weighted by atomic mass is 10.1. The van der Waals surface area contributed by atoms with Gasteiger partial charge in [-0.15, -0.1) is 0 Å². The minimum absolute atomic E-state index is 0.0723. The van der Waals surface area contributed by atoms with Gasteiger partial charge in [-0.25, -0.2) is 0 Å². The van der Waals surface area contributed by atoms with Crippen LogP contribution in [0, 0.1) is 5.92 Å². The normalized spacial score (nSPS) is 24.5. The van der Waals surface area contributed by atoms with E-state index in [4.69, 9.17) is 5.73 Å². The van der Waals surface area contributed by atoms with Gasteiger partial charge in [0.1, 0.15) is 0 Å². The molecule has 124 valence electrons. The van der Waals surface area contributed by atoms with E-state index in [-0.39, 0.29) is 17.9 Å².